The lowest BCUT2D eigenvalue weighted by Gasteiger charge is -2.30. The molecule has 4 nitrogen and oxygen atoms in total. The van der Waals surface area contributed by atoms with Crippen molar-refractivity contribution < 1.29 is 4.42 Å². The van der Waals surface area contributed by atoms with Gasteiger partial charge in [0.2, 0.25) is 5.89 Å². The van der Waals surface area contributed by atoms with E-state index in [4.69, 9.17) is 9.40 Å². The quantitative estimate of drug-likeness (QED) is 0.532. The van der Waals surface area contributed by atoms with Crippen LogP contribution >= 0.6 is 11.3 Å². The molecule has 4 aromatic rings. The molecule has 0 saturated carbocycles. The molecule has 1 aliphatic heterocycles. The van der Waals surface area contributed by atoms with Gasteiger partial charge in [-0.05, 0) is 43.7 Å². The van der Waals surface area contributed by atoms with Gasteiger partial charge in [0, 0.05) is 12.5 Å². The summed E-state index contributed by atoms with van der Waals surface area (Å²) in [5.74, 6) is 1.32. The molecule has 126 valence electrons. The maximum atomic E-state index is 5.89. The van der Waals surface area contributed by atoms with Crippen LogP contribution in [0.5, 0.6) is 0 Å². The second kappa shape index (κ2) is 6.24. The molecule has 2 aromatic carbocycles. The monoisotopic (exact) mass is 349 g/mol. The van der Waals surface area contributed by atoms with Gasteiger partial charge in [-0.1, -0.05) is 24.3 Å². The Morgan fingerprint density at radius 1 is 1.04 bits per heavy atom. The Morgan fingerprint density at radius 2 is 1.88 bits per heavy atom. The molecular weight excluding hydrogens is 330 g/mol. The van der Waals surface area contributed by atoms with E-state index in [1.807, 2.05) is 35.6 Å². The van der Waals surface area contributed by atoms with Crippen LogP contribution < -0.4 is 0 Å². The SMILES string of the molecule is c1ccc2oc(CN3CCC[C@H](c4nc5ccccc5s4)C3)nc2c1. The predicted molar refractivity (Wildman–Crippen MR) is 101 cm³/mol. The van der Waals surface area contributed by atoms with Crippen LogP contribution in [-0.4, -0.2) is 28.0 Å². The predicted octanol–water partition coefficient (Wildman–Crippen LogP) is 4.82. The number of benzene rings is 2. The summed E-state index contributed by atoms with van der Waals surface area (Å²) >= 11 is 1.84. The maximum Gasteiger partial charge on any atom is 0.209 e. The molecule has 0 N–H and O–H groups in total. The zero-order valence-electron chi connectivity index (χ0n) is 13.9. The summed E-state index contributed by atoms with van der Waals surface area (Å²) in [4.78, 5) is 11.9. The molecule has 25 heavy (non-hydrogen) atoms. The molecule has 1 aliphatic rings. The number of rotatable bonds is 3. The Morgan fingerprint density at radius 3 is 2.76 bits per heavy atom. The first-order valence-electron chi connectivity index (χ1n) is 8.77. The van der Waals surface area contributed by atoms with Gasteiger partial charge >= 0.3 is 0 Å². The van der Waals surface area contributed by atoms with Crippen LogP contribution in [0.25, 0.3) is 21.3 Å². The zero-order chi connectivity index (χ0) is 16.6. The Balaban J connectivity index is 1.35. The second-order valence-corrected chi connectivity index (χ2v) is 7.73. The fraction of sp³-hybridized carbons (Fsp3) is 0.300. The summed E-state index contributed by atoms with van der Waals surface area (Å²) in [6.45, 7) is 2.90. The number of nitrogens with zero attached hydrogens (tertiary/aromatic N) is 3. The van der Waals surface area contributed by atoms with E-state index in [9.17, 15) is 0 Å². The van der Waals surface area contributed by atoms with E-state index in [0.717, 1.165) is 42.1 Å². The maximum absolute atomic E-state index is 5.89. The molecule has 5 rings (SSSR count). The van der Waals surface area contributed by atoms with Gasteiger partial charge < -0.3 is 4.42 Å². The summed E-state index contributed by atoms with van der Waals surface area (Å²) < 4.78 is 7.18. The van der Waals surface area contributed by atoms with E-state index in [2.05, 4.69) is 34.1 Å². The van der Waals surface area contributed by atoms with Gasteiger partial charge in [-0.15, -0.1) is 11.3 Å². The molecule has 0 bridgehead atoms. The fourth-order valence-corrected chi connectivity index (χ4v) is 4.74. The van der Waals surface area contributed by atoms with Crippen LogP contribution in [0.15, 0.2) is 52.9 Å². The third-order valence-electron chi connectivity index (χ3n) is 4.86. The highest BCUT2D eigenvalue weighted by molar-refractivity contribution is 7.18. The summed E-state index contributed by atoms with van der Waals surface area (Å²) in [6, 6.07) is 16.4. The summed E-state index contributed by atoms with van der Waals surface area (Å²) in [7, 11) is 0. The molecule has 2 aromatic heterocycles. The van der Waals surface area contributed by atoms with Gasteiger partial charge in [-0.25, -0.2) is 9.97 Å². The minimum absolute atomic E-state index is 0.510. The van der Waals surface area contributed by atoms with Crippen molar-refractivity contribution in [2.75, 3.05) is 13.1 Å². The van der Waals surface area contributed by atoms with Crippen molar-refractivity contribution in [1.29, 1.82) is 0 Å². The number of hydrogen-bond donors (Lipinski definition) is 0. The van der Waals surface area contributed by atoms with Crippen molar-refractivity contribution >= 4 is 32.7 Å². The first kappa shape index (κ1) is 15.0. The number of fused-ring (bicyclic) bond motifs is 2. The Hall–Kier alpha value is -2.24. The van der Waals surface area contributed by atoms with Crippen LogP contribution in [-0.2, 0) is 6.54 Å². The van der Waals surface area contributed by atoms with Crippen molar-refractivity contribution in [3.8, 4) is 0 Å². The van der Waals surface area contributed by atoms with Crippen LogP contribution in [0.2, 0.25) is 0 Å². The summed E-state index contributed by atoms with van der Waals surface area (Å²) in [5.41, 5.74) is 2.94. The van der Waals surface area contributed by atoms with Gasteiger partial charge in [-0.2, -0.15) is 0 Å². The van der Waals surface area contributed by atoms with Gasteiger partial charge in [0.1, 0.15) is 5.52 Å². The molecule has 3 heterocycles. The highest BCUT2D eigenvalue weighted by Gasteiger charge is 2.25. The number of likely N-dealkylation sites (tertiary alicyclic amines) is 1. The third kappa shape index (κ3) is 2.94. The highest BCUT2D eigenvalue weighted by atomic mass is 32.1. The molecule has 1 fully saturated rings. The molecule has 0 unspecified atom stereocenters. The second-order valence-electron chi connectivity index (χ2n) is 6.67. The molecule has 0 spiro atoms. The normalized spacial score (nSPS) is 19.0. The third-order valence-corrected chi connectivity index (χ3v) is 6.06. The Kier molecular flexibility index (Phi) is 3.76. The first-order valence-corrected chi connectivity index (χ1v) is 9.59. The number of hydrogen-bond acceptors (Lipinski definition) is 5. The zero-order valence-corrected chi connectivity index (χ0v) is 14.7. The number of thiazole rings is 1. The van der Waals surface area contributed by atoms with Crippen LogP contribution in [0, 0.1) is 0 Å². The Bertz CT molecular complexity index is 956. The smallest absolute Gasteiger partial charge is 0.209 e. The largest absolute Gasteiger partial charge is 0.439 e. The van der Waals surface area contributed by atoms with Crippen molar-refractivity contribution in [2.45, 2.75) is 25.3 Å². The van der Waals surface area contributed by atoms with Crippen molar-refractivity contribution in [3.05, 3.63) is 59.4 Å². The van der Waals surface area contributed by atoms with E-state index in [-0.39, 0.29) is 0 Å². The van der Waals surface area contributed by atoms with Gasteiger partial charge in [0.05, 0.1) is 21.8 Å². The minimum Gasteiger partial charge on any atom is -0.439 e. The topological polar surface area (TPSA) is 42.2 Å². The number of para-hydroxylation sites is 3. The van der Waals surface area contributed by atoms with E-state index >= 15 is 0 Å². The number of oxazole rings is 1. The van der Waals surface area contributed by atoms with E-state index in [0.29, 0.717) is 5.92 Å². The molecule has 1 saturated heterocycles. The molecule has 0 amide bonds. The lowest BCUT2D eigenvalue weighted by molar-refractivity contribution is 0.185. The molecule has 5 heteroatoms. The molecular formula is C20H19N3OS. The van der Waals surface area contributed by atoms with E-state index < -0.39 is 0 Å². The molecule has 1 atom stereocenters. The average molecular weight is 349 g/mol. The van der Waals surface area contributed by atoms with E-state index in [1.54, 1.807) is 0 Å². The molecule has 0 radical (unpaired) electrons. The summed E-state index contributed by atoms with van der Waals surface area (Å²) in [5, 5.41) is 1.27. The van der Waals surface area contributed by atoms with E-state index in [1.165, 1.54) is 22.5 Å². The lowest BCUT2D eigenvalue weighted by Crippen LogP contribution is -2.33. The van der Waals surface area contributed by atoms with Crippen LogP contribution in [0.3, 0.4) is 0 Å². The highest BCUT2D eigenvalue weighted by Crippen LogP contribution is 2.33. The standard InChI is InChI=1S/C20H19N3OS/c1-3-9-17-15(7-1)21-19(24-17)13-23-11-5-6-14(12-23)20-22-16-8-2-4-10-18(16)25-20/h1-4,7-10,14H,5-6,11-13H2/t14-/m0/s1. The number of aromatic nitrogens is 2. The van der Waals surface area contributed by atoms with Crippen molar-refractivity contribution in [2.24, 2.45) is 0 Å². The first-order chi connectivity index (χ1) is 12.3. The lowest BCUT2D eigenvalue weighted by atomic mass is 9.99. The minimum atomic E-state index is 0.510. The molecule has 0 aliphatic carbocycles. The Labute approximate surface area is 150 Å². The van der Waals surface area contributed by atoms with Gasteiger partial charge in [0.25, 0.3) is 0 Å². The van der Waals surface area contributed by atoms with Gasteiger partial charge in [0.15, 0.2) is 5.58 Å². The van der Waals surface area contributed by atoms with Crippen molar-refractivity contribution in [1.82, 2.24) is 14.9 Å². The van der Waals surface area contributed by atoms with Crippen molar-refractivity contribution in [3.63, 3.8) is 0 Å². The van der Waals surface area contributed by atoms with Gasteiger partial charge in [-0.3, -0.25) is 4.90 Å². The van der Waals surface area contributed by atoms with Crippen LogP contribution in [0.1, 0.15) is 29.7 Å². The number of piperidine rings is 1. The van der Waals surface area contributed by atoms with Crippen LogP contribution in [0.4, 0.5) is 0 Å². The average Bonchev–Trinajstić information content (AvgIpc) is 3.25. The summed E-state index contributed by atoms with van der Waals surface area (Å²) in [6.07, 6.45) is 2.41. The fourth-order valence-electron chi connectivity index (χ4n) is 3.64.